The van der Waals surface area contributed by atoms with Crippen molar-refractivity contribution < 1.29 is 28.7 Å². The molecule has 0 aliphatic carbocycles. The number of hydrogen-bond donors (Lipinski definition) is 2. The van der Waals surface area contributed by atoms with Crippen molar-refractivity contribution in [2.75, 3.05) is 51.3 Å². The number of unbranched alkanes of at least 4 members (excludes halogenated alkanes) is 1. The molecule has 2 aliphatic rings. The predicted octanol–water partition coefficient (Wildman–Crippen LogP) is 2.25. The molecule has 10 nitrogen and oxygen atoms in total. The van der Waals surface area contributed by atoms with E-state index in [0.717, 1.165) is 12.8 Å². The summed E-state index contributed by atoms with van der Waals surface area (Å²) >= 11 is 0. The number of likely N-dealkylation sites (tertiary alicyclic amines) is 1. The third-order valence-corrected chi connectivity index (χ3v) is 6.32. The van der Waals surface area contributed by atoms with Gasteiger partial charge >= 0.3 is 12.0 Å². The molecule has 0 unspecified atom stereocenters. The van der Waals surface area contributed by atoms with Gasteiger partial charge in [-0.2, -0.15) is 0 Å². The summed E-state index contributed by atoms with van der Waals surface area (Å²) in [4.78, 5) is 54.0. The number of anilines is 1. The summed E-state index contributed by atoms with van der Waals surface area (Å²) < 4.78 is 10.6. The highest BCUT2D eigenvalue weighted by Crippen LogP contribution is 2.21. The minimum atomic E-state index is -0.759. The molecule has 3 rings (SSSR count). The fourth-order valence-electron chi connectivity index (χ4n) is 4.24. The van der Waals surface area contributed by atoms with Gasteiger partial charge in [-0.3, -0.25) is 9.59 Å². The number of nitrogens with zero attached hydrogens (tertiary/aromatic N) is 2. The Morgan fingerprint density at radius 1 is 1.06 bits per heavy atom. The van der Waals surface area contributed by atoms with Gasteiger partial charge in [0.1, 0.15) is 6.04 Å². The molecule has 2 fully saturated rings. The van der Waals surface area contributed by atoms with Gasteiger partial charge in [0.05, 0.1) is 31.1 Å². The lowest BCUT2D eigenvalue weighted by Gasteiger charge is -2.36. The van der Waals surface area contributed by atoms with Gasteiger partial charge < -0.3 is 29.9 Å². The van der Waals surface area contributed by atoms with E-state index in [0.29, 0.717) is 64.5 Å². The van der Waals surface area contributed by atoms with Gasteiger partial charge in [0, 0.05) is 32.1 Å². The normalized spacial score (nSPS) is 17.4. The van der Waals surface area contributed by atoms with E-state index in [-0.39, 0.29) is 23.3 Å². The topological polar surface area (TPSA) is 117 Å². The first-order valence-corrected chi connectivity index (χ1v) is 12.4. The lowest BCUT2D eigenvalue weighted by atomic mass is 9.94. The van der Waals surface area contributed by atoms with Crippen LogP contribution in [0.4, 0.5) is 10.5 Å². The number of nitrogens with one attached hydrogen (secondary N) is 2. The van der Waals surface area contributed by atoms with Crippen molar-refractivity contribution in [2.45, 2.75) is 45.6 Å². The maximum atomic E-state index is 12.9. The third kappa shape index (κ3) is 7.42. The second-order valence-electron chi connectivity index (χ2n) is 8.89. The first kappa shape index (κ1) is 26.5. The average Bonchev–Trinajstić information content (AvgIpc) is 2.88. The molecule has 0 spiro atoms. The Balaban J connectivity index is 1.47. The maximum absolute atomic E-state index is 12.9. The van der Waals surface area contributed by atoms with Gasteiger partial charge in [0.15, 0.2) is 0 Å². The number of urea groups is 1. The number of para-hydroxylation sites is 1. The Bertz CT molecular complexity index is 894. The van der Waals surface area contributed by atoms with Crippen LogP contribution in [0, 0.1) is 5.92 Å². The minimum Gasteiger partial charge on any atom is -0.462 e. The first-order chi connectivity index (χ1) is 16.9. The second kappa shape index (κ2) is 13.1. The molecule has 1 aromatic rings. The van der Waals surface area contributed by atoms with E-state index in [1.165, 1.54) is 0 Å². The highest BCUT2D eigenvalue weighted by molar-refractivity contribution is 6.01. The van der Waals surface area contributed by atoms with Crippen LogP contribution in [-0.2, 0) is 19.1 Å². The quantitative estimate of drug-likeness (QED) is 0.428. The van der Waals surface area contributed by atoms with Crippen LogP contribution in [0.5, 0.6) is 0 Å². The summed E-state index contributed by atoms with van der Waals surface area (Å²) in [7, 11) is 0. The number of ether oxygens (including phenoxy) is 2. The van der Waals surface area contributed by atoms with Gasteiger partial charge in [0.25, 0.3) is 0 Å². The zero-order valence-corrected chi connectivity index (χ0v) is 20.6. The Morgan fingerprint density at radius 2 is 1.74 bits per heavy atom. The van der Waals surface area contributed by atoms with Crippen LogP contribution in [0.25, 0.3) is 0 Å². The maximum Gasteiger partial charge on any atom is 0.340 e. The van der Waals surface area contributed by atoms with E-state index in [1.54, 1.807) is 36.1 Å². The van der Waals surface area contributed by atoms with Gasteiger partial charge in [0.2, 0.25) is 11.8 Å². The lowest BCUT2D eigenvalue weighted by molar-refractivity contribution is -0.144. The van der Waals surface area contributed by atoms with E-state index >= 15 is 0 Å². The van der Waals surface area contributed by atoms with Crippen molar-refractivity contribution in [3.63, 3.8) is 0 Å². The second-order valence-corrected chi connectivity index (χ2v) is 8.89. The van der Waals surface area contributed by atoms with Gasteiger partial charge in [-0.25, -0.2) is 9.59 Å². The molecule has 4 amide bonds. The van der Waals surface area contributed by atoms with Crippen molar-refractivity contribution in [3.8, 4) is 0 Å². The van der Waals surface area contributed by atoms with Crippen molar-refractivity contribution in [2.24, 2.45) is 5.92 Å². The van der Waals surface area contributed by atoms with Crippen LogP contribution in [0.15, 0.2) is 24.3 Å². The highest BCUT2D eigenvalue weighted by atomic mass is 16.5. The Labute approximate surface area is 206 Å². The zero-order valence-electron chi connectivity index (χ0n) is 20.6. The summed E-state index contributed by atoms with van der Waals surface area (Å²) in [6.07, 6.45) is 2.88. The largest absolute Gasteiger partial charge is 0.462 e. The monoisotopic (exact) mass is 488 g/mol. The van der Waals surface area contributed by atoms with E-state index in [9.17, 15) is 19.2 Å². The van der Waals surface area contributed by atoms with Crippen LogP contribution in [0.3, 0.4) is 0 Å². The Hall–Kier alpha value is -3.14. The smallest absolute Gasteiger partial charge is 0.340 e. The predicted molar refractivity (Wildman–Crippen MR) is 130 cm³/mol. The lowest BCUT2D eigenvalue weighted by Crippen LogP contribution is -2.52. The number of carbonyl (C=O) groups excluding carboxylic acids is 4. The molecule has 0 saturated carbocycles. The number of morpholine rings is 1. The van der Waals surface area contributed by atoms with E-state index < -0.39 is 18.0 Å². The number of carbonyl (C=O) groups is 4. The van der Waals surface area contributed by atoms with Gasteiger partial charge in [-0.15, -0.1) is 0 Å². The van der Waals surface area contributed by atoms with E-state index in [4.69, 9.17) is 9.47 Å². The fourth-order valence-corrected chi connectivity index (χ4v) is 4.24. The zero-order chi connectivity index (χ0) is 25.2. The molecule has 2 saturated heterocycles. The van der Waals surface area contributed by atoms with Crippen LogP contribution in [-0.4, -0.2) is 85.7 Å². The number of esters is 1. The standard InChI is InChI=1S/C25H36N4O6/c1-3-4-15-35-24(32)20-7-5-6-8-21(20)27-25(33)26-18(2)22(30)28-11-9-19(10-12-28)23(31)29-13-16-34-17-14-29/h5-8,18-19H,3-4,9-17H2,1-2H3,(H2,26,27,33)/t18-/m0/s1. The van der Waals surface area contributed by atoms with Crippen molar-refractivity contribution in [1.29, 1.82) is 0 Å². The average molecular weight is 489 g/mol. The summed E-state index contributed by atoms with van der Waals surface area (Å²) in [6.45, 7) is 7.26. The molecule has 1 aromatic carbocycles. The Kier molecular flexibility index (Phi) is 9.89. The molecule has 2 N–H and O–H groups in total. The highest BCUT2D eigenvalue weighted by Gasteiger charge is 2.32. The van der Waals surface area contributed by atoms with Crippen molar-refractivity contribution >= 4 is 29.5 Å². The summed E-state index contributed by atoms with van der Waals surface area (Å²) in [5.41, 5.74) is 0.568. The molecular formula is C25H36N4O6. The number of hydrogen-bond acceptors (Lipinski definition) is 6. The van der Waals surface area contributed by atoms with Crippen LogP contribution in [0.1, 0.15) is 49.9 Å². The molecule has 1 atom stereocenters. The van der Waals surface area contributed by atoms with Crippen LogP contribution >= 0.6 is 0 Å². The van der Waals surface area contributed by atoms with Crippen LogP contribution in [0.2, 0.25) is 0 Å². The van der Waals surface area contributed by atoms with Crippen molar-refractivity contribution in [1.82, 2.24) is 15.1 Å². The fraction of sp³-hybridized carbons (Fsp3) is 0.600. The van der Waals surface area contributed by atoms with E-state index in [2.05, 4.69) is 10.6 Å². The van der Waals surface area contributed by atoms with E-state index in [1.807, 2.05) is 11.8 Å². The molecule has 0 aromatic heterocycles. The number of benzene rings is 1. The first-order valence-electron chi connectivity index (χ1n) is 12.4. The molecule has 192 valence electrons. The molecule has 2 aliphatic heterocycles. The molecule has 0 radical (unpaired) electrons. The Morgan fingerprint density at radius 3 is 2.43 bits per heavy atom. The number of rotatable bonds is 8. The SMILES string of the molecule is CCCCOC(=O)c1ccccc1NC(=O)N[C@@H](C)C(=O)N1CCC(C(=O)N2CCOCC2)CC1. The summed E-state index contributed by atoms with van der Waals surface area (Å²) in [5, 5.41) is 5.29. The van der Waals surface area contributed by atoms with Crippen molar-refractivity contribution in [3.05, 3.63) is 29.8 Å². The number of amides is 4. The minimum absolute atomic E-state index is 0.0858. The molecule has 0 bridgehead atoms. The van der Waals surface area contributed by atoms with Crippen LogP contribution < -0.4 is 10.6 Å². The van der Waals surface area contributed by atoms with Gasteiger partial charge in [-0.05, 0) is 38.3 Å². The van der Waals surface area contributed by atoms with Gasteiger partial charge in [-0.1, -0.05) is 25.5 Å². The number of piperidine rings is 1. The summed E-state index contributed by atoms with van der Waals surface area (Å²) in [6, 6.07) is 5.25. The molecule has 35 heavy (non-hydrogen) atoms. The molecule has 2 heterocycles. The third-order valence-electron chi connectivity index (χ3n) is 6.32. The molecule has 10 heteroatoms. The summed E-state index contributed by atoms with van der Waals surface area (Å²) in [5.74, 6) is -0.659. The molecular weight excluding hydrogens is 452 g/mol.